The van der Waals surface area contributed by atoms with Crippen LogP contribution in [0, 0.1) is 3.57 Å². The third-order valence-electron chi connectivity index (χ3n) is 2.67. The van der Waals surface area contributed by atoms with Crippen molar-refractivity contribution in [2.24, 2.45) is 0 Å². The Balaban J connectivity index is 2.21. The molecule has 2 aromatic carbocycles. The van der Waals surface area contributed by atoms with E-state index in [4.69, 9.17) is 11.6 Å². The van der Waals surface area contributed by atoms with E-state index in [9.17, 15) is 5.11 Å². The molecule has 1 unspecified atom stereocenters. The fraction of sp³-hybridized carbons (Fsp3) is 0.143. The van der Waals surface area contributed by atoms with Crippen LogP contribution in [-0.2, 0) is 0 Å². The summed E-state index contributed by atoms with van der Waals surface area (Å²) < 4.78 is 1.13. The van der Waals surface area contributed by atoms with Crippen molar-refractivity contribution in [1.82, 2.24) is 0 Å². The Morgan fingerprint density at radius 2 is 2.00 bits per heavy atom. The summed E-state index contributed by atoms with van der Waals surface area (Å²) in [6.45, 7) is 2.03. The molecule has 0 aliphatic carbocycles. The van der Waals surface area contributed by atoms with Crippen LogP contribution in [0.25, 0.3) is 0 Å². The first-order valence-electron chi connectivity index (χ1n) is 5.57. The highest BCUT2D eigenvalue weighted by atomic mass is 127. The summed E-state index contributed by atoms with van der Waals surface area (Å²) in [5, 5.41) is 13.5. The molecule has 2 nitrogen and oxygen atoms in total. The predicted molar refractivity (Wildman–Crippen MR) is 84.3 cm³/mol. The number of phenols is 1. The first-order chi connectivity index (χ1) is 8.56. The van der Waals surface area contributed by atoms with Gasteiger partial charge in [-0.1, -0.05) is 23.7 Å². The lowest BCUT2D eigenvalue weighted by molar-refractivity contribution is 0.474. The molecule has 0 heterocycles. The van der Waals surface area contributed by atoms with Gasteiger partial charge in [-0.25, -0.2) is 0 Å². The van der Waals surface area contributed by atoms with Gasteiger partial charge in [0.15, 0.2) is 0 Å². The first kappa shape index (κ1) is 13.5. The normalized spacial score (nSPS) is 12.2. The number of benzene rings is 2. The van der Waals surface area contributed by atoms with Gasteiger partial charge in [-0.2, -0.15) is 0 Å². The molecule has 2 aromatic rings. The maximum absolute atomic E-state index is 9.47. The zero-order chi connectivity index (χ0) is 13.1. The molecule has 0 bridgehead atoms. The highest BCUT2D eigenvalue weighted by Crippen LogP contribution is 2.28. The summed E-state index contributed by atoms with van der Waals surface area (Å²) in [7, 11) is 0. The van der Waals surface area contributed by atoms with E-state index in [-0.39, 0.29) is 11.8 Å². The standard InChI is InChI=1S/C14H13ClINO/c1-9(10-3-2-4-12(18)7-10)17-14-8-11(16)5-6-13(14)15/h2-9,17-18H,1H3. The van der Waals surface area contributed by atoms with Crippen LogP contribution in [0.2, 0.25) is 5.02 Å². The average molecular weight is 374 g/mol. The van der Waals surface area contributed by atoms with E-state index in [1.165, 1.54) is 0 Å². The highest BCUT2D eigenvalue weighted by molar-refractivity contribution is 14.1. The SMILES string of the molecule is CC(Nc1cc(I)ccc1Cl)c1cccc(O)c1. The van der Waals surface area contributed by atoms with Crippen molar-refractivity contribution < 1.29 is 5.11 Å². The van der Waals surface area contributed by atoms with Crippen molar-refractivity contribution in [1.29, 1.82) is 0 Å². The minimum Gasteiger partial charge on any atom is -0.508 e. The third-order valence-corrected chi connectivity index (χ3v) is 3.67. The molecule has 0 spiro atoms. The molecule has 4 heteroatoms. The summed E-state index contributed by atoms with van der Waals surface area (Å²) in [6.07, 6.45) is 0. The summed E-state index contributed by atoms with van der Waals surface area (Å²) in [6, 6.07) is 13.1. The number of phenolic OH excluding ortho intramolecular Hbond substituents is 1. The van der Waals surface area contributed by atoms with Crippen molar-refractivity contribution in [2.75, 3.05) is 5.32 Å². The monoisotopic (exact) mass is 373 g/mol. The van der Waals surface area contributed by atoms with Crippen molar-refractivity contribution in [3.05, 3.63) is 56.6 Å². The van der Waals surface area contributed by atoms with E-state index >= 15 is 0 Å². The van der Waals surface area contributed by atoms with Crippen LogP contribution in [0.1, 0.15) is 18.5 Å². The lowest BCUT2D eigenvalue weighted by atomic mass is 10.1. The summed E-state index contributed by atoms with van der Waals surface area (Å²) in [4.78, 5) is 0. The van der Waals surface area contributed by atoms with E-state index in [1.807, 2.05) is 37.3 Å². The van der Waals surface area contributed by atoms with Gasteiger partial charge in [0.25, 0.3) is 0 Å². The maximum Gasteiger partial charge on any atom is 0.115 e. The molecular weight excluding hydrogens is 361 g/mol. The highest BCUT2D eigenvalue weighted by Gasteiger charge is 2.08. The van der Waals surface area contributed by atoms with Gasteiger partial charge in [-0.05, 0) is 65.4 Å². The Kier molecular flexibility index (Phi) is 4.35. The number of rotatable bonds is 3. The summed E-state index contributed by atoms with van der Waals surface area (Å²) in [5.74, 6) is 0.273. The molecule has 0 aliphatic heterocycles. The van der Waals surface area contributed by atoms with Crippen molar-refractivity contribution in [2.45, 2.75) is 13.0 Å². The number of halogens is 2. The number of hydrogen-bond acceptors (Lipinski definition) is 2. The summed E-state index contributed by atoms with van der Waals surface area (Å²) >= 11 is 8.39. The fourth-order valence-corrected chi connectivity index (χ4v) is 2.38. The Labute approximate surface area is 125 Å². The number of hydrogen-bond donors (Lipinski definition) is 2. The van der Waals surface area contributed by atoms with E-state index in [1.54, 1.807) is 12.1 Å². The molecule has 2 rings (SSSR count). The van der Waals surface area contributed by atoms with Gasteiger partial charge in [-0.3, -0.25) is 0 Å². The topological polar surface area (TPSA) is 32.3 Å². The summed E-state index contributed by atoms with van der Waals surface area (Å²) in [5.41, 5.74) is 1.92. The van der Waals surface area contributed by atoms with Crippen LogP contribution >= 0.6 is 34.2 Å². The van der Waals surface area contributed by atoms with E-state index < -0.39 is 0 Å². The molecule has 2 N–H and O–H groups in total. The quantitative estimate of drug-likeness (QED) is 0.756. The smallest absolute Gasteiger partial charge is 0.115 e. The fourth-order valence-electron chi connectivity index (χ4n) is 1.72. The molecule has 1 atom stereocenters. The van der Waals surface area contributed by atoms with Crippen LogP contribution in [0.4, 0.5) is 5.69 Å². The van der Waals surface area contributed by atoms with Gasteiger partial charge in [0, 0.05) is 9.61 Å². The van der Waals surface area contributed by atoms with Gasteiger partial charge in [0.1, 0.15) is 5.75 Å². The molecular formula is C14H13ClINO. The molecule has 0 amide bonds. The molecule has 0 radical (unpaired) electrons. The van der Waals surface area contributed by atoms with Crippen molar-refractivity contribution in [3.63, 3.8) is 0 Å². The second-order valence-corrected chi connectivity index (χ2v) is 5.74. The van der Waals surface area contributed by atoms with Crippen LogP contribution in [0.3, 0.4) is 0 Å². The van der Waals surface area contributed by atoms with E-state index in [0.717, 1.165) is 14.8 Å². The number of aromatic hydroxyl groups is 1. The maximum atomic E-state index is 9.47. The Morgan fingerprint density at radius 1 is 1.22 bits per heavy atom. The second kappa shape index (κ2) is 5.80. The number of nitrogens with one attached hydrogen (secondary N) is 1. The van der Waals surface area contributed by atoms with Crippen molar-refractivity contribution >= 4 is 39.9 Å². The van der Waals surface area contributed by atoms with Crippen LogP contribution in [0.5, 0.6) is 5.75 Å². The molecule has 0 aliphatic rings. The van der Waals surface area contributed by atoms with Gasteiger partial charge in [0.05, 0.1) is 10.7 Å². The Hall–Kier alpha value is -0.940. The Morgan fingerprint density at radius 3 is 2.72 bits per heavy atom. The molecule has 94 valence electrons. The van der Waals surface area contributed by atoms with E-state index in [2.05, 4.69) is 27.9 Å². The molecule has 0 fully saturated rings. The predicted octanol–water partition coefficient (Wildman–Crippen LogP) is 4.82. The molecule has 18 heavy (non-hydrogen) atoms. The van der Waals surface area contributed by atoms with Crippen LogP contribution in [-0.4, -0.2) is 5.11 Å². The zero-order valence-electron chi connectivity index (χ0n) is 9.82. The first-order valence-corrected chi connectivity index (χ1v) is 7.02. The third kappa shape index (κ3) is 3.29. The van der Waals surface area contributed by atoms with Crippen LogP contribution in [0.15, 0.2) is 42.5 Å². The van der Waals surface area contributed by atoms with E-state index in [0.29, 0.717) is 5.02 Å². The van der Waals surface area contributed by atoms with Gasteiger partial charge in [0.2, 0.25) is 0 Å². The average Bonchev–Trinajstić information content (AvgIpc) is 2.34. The van der Waals surface area contributed by atoms with Gasteiger partial charge >= 0.3 is 0 Å². The molecule has 0 saturated carbocycles. The lowest BCUT2D eigenvalue weighted by Crippen LogP contribution is -2.07. The van der Waals surface area contributed by atoms with Gasteiger partial charge < -0.3 is 10.4 Å². The Bertz CT molecular complexity index is 559. The minimum atomic E-state index is 0.0767. The zero-order valence-corrected chi connectivity index (χ0v) is 12.7. The largest absolute Gasteiger partial charge is 0.508 e. The number of anilines is 1. The van der Waals surface area contributed by atoms with Crippen molar-refractivity contribution in [3.8, 4) is 5.75 Å². The minimum absolute atomic E-state index is 0.0767. The molecule has 0 aromatic heterocycles. The molecule has 0 saturated heterocycles. The lowest BCUT2D eigenvalue weighted by Gasteiger charge is -2.17. The van der Waals surface area contributed by atoms with Gasteiger partial charge in [-0.15, -0.1) is 0 Å². The van der Waals surface area contributed by atoms with Crippen LogP contribution < -0.4 is 5.32 Å². The second-order valence-electron chi connectivity index (χ2n) is 4.09.